The number of alkyl halides is 3. The monoisotopic (exact) mass is 336 g/mol. The van der Waals surface area contributed by atoms with Gasteiger partial charge in [-0.1, -0.05) is 6.42 Å². The van der Waals surface area contributed by atoms with E-state index in [1.54, 1.807) is 0 Å². The molecular formula is C14H19F3N2O2S. The Labute approximate surface area is 128 Å². The highest BCUT2D eigenvalue weighted by Gasteiger charge is 2.35. The third-order valence-corrected chi connectivity index (χ3v) is 6.05. The van der Waals surface area contributed by atoms with E-state index in [1.165, 1.54) is 11.2 Å². The Morgan fingerprint density at radius 3 is 2.55 bits per heavy atom. The Morgan fingerprint density at radius 1 is 1.32 bits per heavy atom. The molecule has 1 atom stereocenters. The zero-order chi connectivity index (χ0) is 16.5. The van der Waals surface area contributed by atoms with Gasteiger partial charge in [-0.3, -0.25) is 0 Å². The summed E-state index contributed by atoms with van der Waals surface area (Å²) in [5.74, 6) is 0. The molecule has 0 amide bonds. The second-order valence-electron chi connectivity index (χ2n) is 5.48. The van der Waals surface area contributed by atoms with Crippen molar-refractivity contribution in [2.75, 3.05) is 13.1 Å². The van der Waals surface area contributed by atoms with Crippen LogP contribution in [0.25, 0.3) is 0 Å². The van der Waals surface area contributed by atoms with Gasteiger partial charge in [-0.25, -0.2) is 8.42 Å². The summed E-state index contributed by atoms with van der Waals surface area (Å²) >= 11 is 0. The van der Waals surface area contributed by atoms with Gasteiger partial charge in [0.1, 0.15) is 0 Å². The Morgan fingerprint density at radius 2 is 2.00 bits per heavy atom. The average molecular weight is 336 g/mol. The average Bonchev–Trinajstić information content (AvgIpc) is 2.45. The third-order valence-electron chi connectivity index (χ3n) is 3.93. The molecule has 1 unspecified atom stereocenters. The van der Waals surface area contributed by atoms with Gasteiger partial charge in [-0.15, -0.1) is 0 Å². The minimum Gasteiger partial charge on any atom is -0.329 e. The van der Waals surface area contributed by atoms with Crippen LogP contribution in [0.3, 0.4) is 0 Å². The fourth-order valence-electron chi connectivity index (χ4n) is 2.77. The van der Waals surface area contributed by atoms with Crippen molar-refractivity contribution in [1.82, 2.24) is 4.31 Å². The van der Waals surface area contributed by atoms with Crippen molar-refractivity contribution >= 4 is 10.0 Å². The number of nitrogens with zero attached hydrogens (tertiary/aromatic N) is 1. The molecule has 0 aromatic heterocycles. The molecule has 1 aliphatic heterocycles. The van der Waals surface area contributed by atoms with Gasteiger partial charge >= 0.3 is 6.18 Å². The lowest BCUT2D eigenvalue weighted by atomic mass is 10.1. The number of hydrogen-bond acceptors (Lipinski definition) is 3. The molecule has 22 heavy (non-hydrogen) atoms. The van der Waals surface area contributed by atoms with E-state index in [1.807, 2.05) is 0 Å². The molecule has 0 saturated carbocycles. The van der Waals surface area contributed by atoms with Crippen LogP contribution in [0.4, 0.5) is 13.2 Å². The van der Waals surface area contributed by atoms with Crippen LogP contribution in [0.15, 0.2) is 23.1 Å². The van der Waals surface area contributed by atoms with E-state index in [9.17, 15) is 21.6 Å². The Bertz CT molecular complexity index is 644. The lowest BCUT2D eigenvalue weighted by Crippen LogP contribution is -2.47. The molecule has 1 aliphatic rings. The number of benzene rings is 1. The fourth-order valence-corrected chi connectivity index (χ4v) is 4.68. The maximum absolute atomic E-state index is 12.7. The highest BCUT2D eigenvalue weighted by Crippen LogP contribution is 2.33. The van der Waals surface area contributed by atoms with Crippen molar-refractivity contribution in [3.63, 3.8) is 0 Å². The van der Waals surface area contributed by atoms with Crippen molar-refractivity contribution in [2.24, 2.45) is 5.73 Å². The second-order valence-corrected chi connectivity index (χ2v) is 7.34. The minimum atomic E-state index is -4.49. The van der Waals surface area contributed by atoms with Gasteiger partial charge in [0, 0.05) is 19.1 Å². The lowest BCUT2D eigenvalue weighted by Gasteiger charge is -2.34. The first-order chi connectivity index (χ1) is 10.2. The van der Waals surface area contributed by atoms with Crippen LogP contribution >= 0.6 is 0 Å². The molecular weight excluding hydrogens is 317 g/mol. The molecule has 8 heteroatoms. The van der Waals surface area contributed by atoms with E-state index < -0.39 is 21.8 Å². The van der Waals surface area contributed by atoms with Crippen LogP contribution in [0.2, 0.25) is 0 Å². The van der Waals surface area contributed by atoms with Gasteiger partial charge in [0.15, 0.2) is 0 Å². The maximum Gasteiger partial charge on any atom is 0.416 e. The highest BCUT2D eigenvalue weighted by atomic mass is 32.2. The Balaban J connectivity index is 2.41. The normalized spacial score (nSPS) is 21.0. The minimum absolute atomic E-state index is 0.0825. The predicted octanol–water partition coefficient (Wildman–Crippen LogP) is 2.52. The first-order valence-electron chi connectivity index (χ1n) is 7.07. The molecule has 1 aromatic carbocycles. The van der Waals surface area contributed by atoms with Crippen LogP contribution in [0, 0.1) is 6.92 Å². The Hall–Kier alpha value is -1.12. The van der Waals surface area contributed by atoms with Gasteiger partial charge in [0.05, 0.1) is 10.5 Å². The first-order valence-corrected chi connectivity index (χ1v) is 8.51. The largest absolute Gasteiger partial charge is 0.416 e. The molecule has 1 fully saturated rings. The van der Waals surface area contributed by atoms with E-state index in [2.05, 4.69) is 0 Å². The molecule has 1 aromatic rings. The summed E-state index contributed by atoms with van der Waals surface area (Å²) in [6.07, 6.45) is -2.18. The summed E-state index contributed by atoms with van der Waals surface area (Å²) in [7, 11) is -3.83. The highest BCUT2D eigenvalue weighted by molar-refractivity contribution is 7.89. The van der Waals surface area contributed by atoms with Crippen LogP contribution in [0.5, 0.6) is 0 Å². The van der Waals surface area contributed by atoms with Crippen LogP contribution in [-0.4, -0.2) is 31.9 Å². The SMILES string of the molecule is Cc1cc(C(F)(F)F)ccc1S(=O)(=O)N1CCCCC1CN. The van der Waals surface area contributed by atoms with Gasteiger partial charge in [-0.2, -0.15) is 17.5 Å². The summed E-state index contributed by atoms with van der Waals surface area (Å²) in [4.78, 5) is -0.0825. The van der Waals surface area contributed by atoms with Crippen molar-refractivity contribution in [3.8, 4) is 0 Å². The van der Waals surface area contributed by atoms with Crippen molar-refractivity contribution < 1.29 is 21.6 Å². The predicted molar refractivity (Wildman–Crippen MR) is 76.8 cm³/mol. The molecule has 2 N–H and O–H groups in total. The summed E-state index contributed by atoms with van der Waals surface area (Å²) < 4.78 is 64.9. The number of halogens is 3. The van der Waals surface area contributed by atoms with E-state index in [0.717, 1.165) is 31.0 Å². The van der Waals surface area contributed by atoms with E-state index in [0.29, 0.717) is 13.0 Å². The molecule has 1 saturated heterocycles. The third kappa shape index (κ3) is 3.28. The van der Waals surface area contributed by atoms with Crippen molar-refractivity contribution in [1.29, 1.82) is 0 Å². The fraction of sp³-hybridized carbons (Fsp3) is 0.571. The Kier molecular flexibility index (Phi) is 4.84. The topological polar surface area (TPSA) is 63.4 Å². The molecule has 0 radical (unpaired) electrons. The van der Waals surface area contributed by atoms with E-state index in [4.69, 9.17) is 5.73 Å². The number of aryl methyl sites for hydroxylation is 1. The zero-order valence-corrected chi connectivity index (χ0v) is 13.0. The van der Waals surface area contributed by atoms with Gasteiger partial charge < -0.3 is 5.73 Å². The van der Waals surface area contributed by atoms with Crippen molar-refractivity contribution in [2.45, 2.75) is 43.3 Å². The summed E-state index contributed by atoms with van der Waals surface area (Å²) in [5, 5.41) is 0. The van der Waals surface area contributed by atoms with E-state index in [-0.39, 0.29) is 23.0 Å². The quantitative estimate of drug-likeness (QED) is 0.922. The molecule has 4 nitrogen and oxygen atoms in total. The standard InChI is InChI=1S/C14H19F3N2O2S/c1-10-8-11(14(15,16)17)5-6-13(10)22(20,21)19-7-3-2-4-12(19)9-18/h5-6,8,12H,2-4,7,9,18H2,1H3. The molecule has 0 bridgehead atoms. The van der Waals surface area contributed by atoms with Crippen molar-refractivity contribution in [3.05, 3.63) is 29.3 Å². The second kappa shape index (κ2) is 6.17. The van der Waals surface area contributed by atoms with Crippen LogP contribution in [0.1, 0.15) is 30.4 Å². The van der Waals surface area contributed by atoms with Crippen LogP contribution < -0.4 is 5.73 Å². The summed E-state index contributed by atoms with van der Waals surface area (Å²) in [6, 6.07) is 2.42. The number of rotatable bonds is 3. The molecule has 0 aliphatic carbocycles. The summed E-state index contributed by atoms with van der Waals surface area (Å²) in [5.41, 5.74) is 4.88. The molecule has 124 valence electrons. The van der Waals surface area contributed by atoms with Gasteiger partial charge in [-0.05, 0) is 43.5 Å². The first kappa shape index (κ1) is 17.2. The number of nitrogens with two attached hydrogens (primary N) is 1. The number of sulfonamides is 1. The zero-order valence-electron chi connectivity index (χ0n) is 12.2. The number of hydrogen-bond donors (Lipinski definition) is 1. The summed E-state index contributed by atoms with van der Waals surface area (Å²) in [6.45, 7) is 1.94. The maximum atomic E-state index is 12.7. The van der Waals surface area contributed by atoms with Crippen LogP contribution in [-0.2, 0) is 16.2 Å². The number of piperidine rings is 1. The van der Waals surface area contributed by atoms with Gasteiger partial charge in [0.2, 0.25) is 10.0 Å². The molecule has 2 rings (SSSR count). The van der Waals surface area contributed by atoms with Gasteiger partial charge in [0.25, 0.3) is 0 Å². The molecule has 1 heterocycles. The van der Waals surface area contributed by atoms with E-state index >= 15 is 0 Å². The lowest BCUT2D eigenvalue weighted by molar-refractivity contribution is -0.137. The molecule has 0 spiro atoms. The smallest absolute Gasteiger partial charge is 0.329 e.